The van der Waals surface area contributed by atoms with E-state index in [1.165, 1.54) is 0 Å². The number of hydrazone groups is 1. The minimum Gasteiger partial charge on any atom is -0.326 e. The van der Waals surface area contributed by atoms with Crippen LogP contribution in [0.25, 0.3) is 0 Å². The highest BCUT2D eigenvalue weighted by molar-refractivity contribution is 14.1. The maximum Gasteiger partial charge on any atom is 0.240 e. The largest absolute Gasteiger partial charge is 0.326 e. The molecule has 0 atom stereocenters. The van der Waals surface area contributed by atoms with E-state index in [1.54, 1.807) is 0 Å². The lowest BCUT2D eigenvalue weighted by molar-refractivity contribution is -0.124. The van der Waals surface area contributed by atoms with E-state index in [9.17, 15) is 9.59 Å². The molecular weight excluding hydrogens is 509 g/mol. The number of carbonyl (C=O) groups excluding carboxylic acids is 2. The molecule has 0 radical (unpaired) electrons. The number of nitrogens with one attached hydrogen (secondary N) is 2. The molecule has 0 unspecified atom stereocenters. The van der Waals surface area contributed by atoms with Crippen LogP contribution in [0.15, 0.2) is 52.0 Å². The maximum atomic E-state index is 12.0. The van der Waals surface area contributed by atoms with Gasteiger partial charge in [0.25, 0.3) is 0 Å². The smallest absolute Gasteiger partial charge is 0.240 e. The lowest BCUT2D eigenvalue weighted by Gasteiger charge is -2.08. The molecule has 0 fully saturated rings. The predicted molar refractivity (Wildman–Crippen MR) is 116 cm³/mol. The molecule has 0 aliphatic carbocycles. The number of halogens is 2. The van der Waals surface area contributed by atoms with Gasteiger partial charge >= 0.3 is 0 Å². The molecule has 0 bridgehead atoms. The SMILES string of the molecule is C/C(=N/NC(=O)CCC(=O)Nc1ccc(I)cc1C)c1ccc(Br)cc1. The summed E-state index contributed by atoms with van der Waals surface area (Å²) in [6.45, 7) is 3.75. The third-order valence-corrected chi connectivity index (χ3v) is 4.85. The molecule has 136 valence electrons. The van der Waals surface area contributed by atoms with Crippen LogP contribution >= 0.6 is 38.5 Å². The summed E-state index contributed by atoms with van der Waals surface area (Å²) in [5.74, 6) is -0.492. The Bertz CT molecular complexity index is 835. The zero-order valence-corrected chi connectivity index (χ0v) is 18.2. The molecule has 2 amide bonds. The maximum absolute atomic E-state index is 12.0. The van der Waals surface area contributed by atoms with E-state index < -0.39 is 0 Å². The normalized spacial score (nSPS) is 11.2. The van der Waals surface area contributed by atoms with E-state index >= 15 is 0 Å². The minimum absolute atomic E-state index is 0.0758. The fourth-order valence-corrected chi connectivity index (χ4v) is 3.08. The quantitative estimate of drug-likeness (QED) is 0.327. The number of carbonyl (C=O) groups is 2. The van der Waals surface area contributed by atoms with Gasteiger partial charge in [0.15, 0.2) is 0 Å². The van der Waals surface area contributed by atoms with Gasteiger partial charge in [-0.05, 0) is 77.9 Å². The Labute approximate surface area is 174 Å². The topological polar surface area (TPSA) is 70.6 Å². The summed E-state index contributed by atoms with van der Waals surface area (Å²) < 4.78 is 2.09. The molecule has 0 spiro atoms. The van der Waals surface area contributed by atoms with Crippen LogP contribution in [-0.2, 0) is 9.59 Å². The van der Waals surface area contributed by atoms with Gasteiger partial charge < -0.3 is 5.32 Å². The number of rotatable bonds is 6. The monoisotopic (exact) mass is 527 g/mol. The highest BCUT2D eigenvalue weighted by atomic mass is 127. The molecule has 7 heteroatoms. The van der Waals surface area contributed by atoms with Crippen molar-refractivity contribution in [3.8, 4) is 0 Å². The van der Waals surface area contributed by atoms with Crippen LogP contribution in [0, 0.1) is 10.5 Å². The number of hydrogen-bond acceptors (Lipinski definition) is 3. The van der Waals surface area contributed by atoms with Crippen molar-refractivity contribution in [3.05, 3.63) is 61.6 Å². The van der Waals surface area contributed by atoms with Crippen LogP contribution in [0.5, 0.6) is 0 Å². The molecule has 0 saturated carbocycles. The van der Waals surface area contributed by atoms with Crippen LogP contribution in [0.4, 0.5) is 5.69 Å². The average molecular weight is 528 g/mol. The molecule has 0 saturated heterocycles. The predicted octanol–water partition coefficient (Wildman–Crippen LogP) is 4.62. The third kappa shape index (κ3) is 6.53. The summed E-state index contributed by atoms with van der Waals surface area (Å²) >= 11 is 5.60. The number of aryl methyl sites for hydroxylation is 1. The molecule has 0 aliphatic heterocycles. The molecule has 0 aromatic heterocycles. The Morgan fingerprint density at radius 2 is 1.73 bits per heavy atom. The van der Waals surface area contributed by atoms with Gasteiger partial charge in [0.2, 0.25) is 11.8 Å². The van der Waals surface area contributed by atoms with E-state index in [2.05, 4.69) is 54.4 Å². The van der Waals surface area contributed by atoms with Gasteiger partial charge in [-0.25, -0.2) is 5.43 Å². The van der Waals surface area contributed by atoms with Crippen LogP contribution in [0.2, 0.25) is 0 Å². The van der Waals surface area contributed by atoms with Crippen LogP contribution < -0.4 is 10.7 Å². The Kier molecular flexibility index (Phi) is 7.77. The molecule has 26 heavy (non-hydrogen) atoms. The van der Waals surface area contributed by atoms with Crippen molar-refractivity contribution in [1.29, 1.82) is 0 Å². The zero-order chi connectivity index (χ0) is 19.1. The lowest BCUT2D eigenvalue weighted by atomic mass is 10.1. The molecule has 2 N–H and O–H groups in total. The highest BCUT2D eigenvalue weighted by Gasteiger charge is 2.09. The molecule has 5 nitrogen and oxygen atoms in total. The van der Waals surface area contributed by atoms with Crippen LogP contribution in [-0.4, -0.2) is 17.5 Å². The summed E-state index contributed by atoms with van der Waals surface area (Å²) in [6, 6.07) is 13.4. The van der Waals surface area contributed by atoms with Gasteiger partial charge in [0, 0.05) is 26.6 Å². The summed E-state index contributed by atoms with van der Waals surface area (Å²) in [6.07, 6.45) is 0.177. The van der Waals surface area contributed by atoms with E-state index in [4.69, 9.17) is 0 Å². The first-order valence-corrected chi connectivity index (χ1v) is 9.87. The third-order valence-electron chi connectivity index (χ3n) is 3.65. The summed E-state index contributed by atoms with van der Waals surface area (Å²) in [5, 5.41) is 6.91. The highest BCUT2D eigenvalue weighted by Crippen LogP contribution is 2.18. The number of anilines is 1. The number of amides is 2. The number of benzene rings is 2. The molecule has 2 aromatic rings. The van der Waals surface area contributed by atoms with Crippen molar-refractivity contribution >= 4 is 61.7 Å². The lowest BCUT2D eigenvalue weighted by Crippen LogP contribution is -2.22. The van der Waals surface area contributed by atoms with Gasteiger partial charge in [0.1, 0.15) is 0 Å². The summed E-state index contributed by atoms with van der Waals surface area (Å²) in [5.41, 5.74) is 5.86. The van der Waals surface area contributed by atoms with E-state index in [0.717, 1.165) is 24.9 Å². The van der Waals surface area contributed by atoms with Gasteiger partial charge in [0.05, 0.1) is 5.71 Å². The van der Waals surface area contributed by atoms with Crippen molar-refractivity contribution in [2.75, 3.05) is 5.32 Å². The summed E-state index contributed by atoms with van der Waals surface area (Å²) in [4.78, 5) is 23.9. The summed E-state index contributed by atoms with van der Waals surface area (Å²) in [7, 11) is 0. The number of hydrogen-bond donors (Lipinski definition) is 2. The van der Waals surface area contributed by atoms with Crippen molar-refractivity contribution in [2.45, 2.75) is 26.7 Å². The Morgan fingerprint density at radius 3 is 2.38 bits per heavy atom. The van der Waals surface area contributed by atoms with Crippen molar-refractivity contribution < 1.29 is 9.59 Å². The van der Waals surface area contributed by atoms with Gasteiger partial charge in [-0.15, -0.1) is 0 Å². The number of nitrogens with zero attached hydrogens (tertiary/aromatic N) is 1. The molecule has 0 heterocycles. The second kappa shape index (κ2) is 9.82. The Hall–Kier alpha value is -1.74. The fourth-order valence-electron chi connectivity index (χ4n) is 2.16. The molecule has 2 rings (SSSR count). The van der Waals surface area contributed by atoms with Gasteiger partial charge in [-0.3, -0.25) is 9.59 Å². The average Bonchev–Trinajstić information content (AvgIpc) is 2.61. The second-order valence-corrected chi connectivity index (χ2v) is 7.91. The second-order valence-electron chi connectivity index (χ2n) is 5.75. The van der Waals surface area contributed by atoms with Crippen molar-refractivity contribution in [1.82, 2.24) is 5.43 Å². The molecule has 0 aliphatic rings. The van der Waals surface area contributed by atoms with E-state index in [0.29, 0.717) is 5.71 Å². The molecular formula is C19H19BrIN3O2. The van der Waals surface area contributed by atoms with E-state index in [1.807, 2.05) is 56.3 Å². The van der Waals surface area contributed by atoms with Crippen molar-refractivity contribution in [2.24, 2.45) is 5.10 Å². The van der Waals surface area contributed by atoms with Gasteiger partial charge in [-0.2, -0.15) is 5.10 Å². The first-order chi connectivity index (χ1) is 12.3. The Morgan fingerprint density at radius 1 is 1.08 bits per heavy atom. The van der Waals surface area contributed by atoms with E-state index in [-0.39, 0.29) is 24.7 Å². The first-order valence-electron chi connectivity index (χ1n) is 8.00. The van der Waals surface area contributed by atoms with Crippen molar-refractivity contribution in [3.63, 3.8) is 0 Å². The first kappa shape index (κ1) is 20.6. The van der Waals surface area contributed by atoms with Gasteiger partial charge in [-0.1, -0.05) is 28.1 Å². The standard InChI is InChI=1S/C19H19BrIN3O2/c1-12-11-16(21)7-8-17(12)22-18(25)9-10-19(26)24-23-13(2)14-3-5-15(20)6-4-14/h3-8,11H,9-10H2,1-2H3,(H,22,25)(H,24,26)/b23-13-. The minimum atomic E-state index is -0.295. The zero-order valence-electron chi connectivity index (χ0n) is 14.5. The molecule has 2 aromatic carbocycles. The fraction of sp³-hybridized carbons (Fsp3) is 0.211. The van der Waals surface area contributed by atoms with Crippen LogP contribution in [0.1, 0.15) is 30.9 Å². The van der Waals surface area contributed by atoms with Crippen LogP contribution in [0.3, 0.4) is 0 Å². The Balaban J connectivity index is 1.81.